The zero-order valence-electron chi connectivity index (χ0n) is 25.7. The molecule has 0 spiro atoms. The molecule has 1 heterocycles. The van der Waals surface area contributed by atoms with E-state index < -0.39 is 26.9 Å². The van der Waals surface area contributed by atoms with Gasteiger partial charge in [-0.15, -0.1) is 0 Å². The Morgan fingerprint density at radius 1 is 0.833 bits per heavy atom. The number of pyridine rings is 1. The fourth-order valence-electron chi connectivity index (χ4n) is 5.42. The summed E-state index contributed by atoms with van der Waals surface area (Å²) in [6.07, 6.45) is 1.90. The lowest BCUT2D eigenvalue weighted by Crippen LogP contribution is -2.35. The quantitative estimate of drug-likeness (QED) is 0.0847. The molecule has 0 aliphatic heterocycles. The third-order valence-electron chi connectivity index (χ3n) is 7.76. The van der Waals surface area contributed by atoms with Crippen molar-refractivity contribution in [1.29, 1.82) is 0 Å². The van der Waals surface area contributed by atoms with E-state index in [9.17, 15) is 26.7 Å². The minimum atomic E-state index is -4.06. The van der Waals surface area contributed by atoms with E-state index in [0.717, 1.165) is 30.9 Å². The van der Waals surface area contributed by atoms with Gasteiger partial charge in [-0.05, 0) is 91.4 Å². The van der Waals surface area contributed by atoms with Crippen molar-refractivity contribution < 1.29 is 26.7 Å². The van der Waals surface area contributed by atoms with Gasteiger partial charge < -0.3 is 5.11 Å². The molecule has 0 amide bonds. The highest BCUT2D eigenvalue weighted by Crippen LogP contribution is 2.27. The number of rotatable bonds is 15. The Hall–Kier alpha value is -3.97. The number of fused-ring (bicyclic) bond motifs is 1. The van der Waals surface area contributed by atoms with Gasteiger partial charge in [0.1, 0.15) is 0 Å². The predicted octanol–water partition coefficient (Wildman–Crippen LogP) is 7.28. The van der Waals surface area contributed by atoms with Crippen LogP contribution in [0.5, 0.6) is 0 Å². The number of aromatic carboxylic acids is 1. The summed E-state index contributed by atoms with van der Waals surface area (Å²) in [6.45, 7) is 0.101. The number of para-hydroxylation sites is 1. The Bertz CT molecular complexity index is 2100. The van der Waals surface area contributed by atoms with Crippen LogP contribution in [0.4, 0.5) is 11.4 Å². The summed E-state index contributed by atoms with van der Waals surface area (Å²) in [4.78, 5) is 16.8. The van der Waals surface area contributed by atoms with Crippen molar-refractivity contribution >= 4 is 76.7 Å². The van der Waals surface area contributed by atoms with E-state index in [2.05, 4.69) is 15.9 Å². The number of carboxylic acids is 1. The summed E-state index contributed by atoms with van der Waals surface area (Å²) >= 11 is 9.48. The van der Waals surface area contributed by atoms with Crippen LogP contribution in [0.15, 0.2) is 108 Å². The fraction of sp³-hybridized carbons (Fsp3) is 0.200. The van der Waals surface area contributed by atoms with Gasteiger partial charge in [-0.25, -0.2) is 21.6 Å². The maximum Gasteiger partial charge on any atom is 0.337 e. The Balaban J connectivity index is 1.31. The fourth-order valence-corrected chi connectivity index (χ4v) is 8.10. The number of carbonyl (C=O) groups is 1. The molecule has 9 nitrogen and oxygen atoms in total. The summed E-state index contributed by atoms with van der Waals surface area (Å²) in [5.41, 5.74) is 3.61. The zero-order valence-corrected chi connectivity index (χ0v) is 29.8. The lowest BCUT2D eigenvalue weighted by atomic mass is 10.0. The number of aryl methyl sites for hydroxylation is 2. The number of aromatic nitrogens is 1. The van der Waals surface area contributed by atoms with Crippen LogP contribution in [0.25, 0.3) is 10.9 Å². The molecule has 0 saturated heterocycles. The number of hydrogen-bond donors (Lipinski definition) is 2. The minimum absolute atomic E-state index is 0.0339. The lowest BCUT2D eigenvalue weighted by molar-refractivity contribution is 0.0697. The standard InChI is InChI=1S/C35H33BrClN3O6S2/c36-28-13-18-31(19-14-28)39(47(43)44)20-3-4-21-40(34-9-2-1-8-32(34)35(41)42)48(45,46)24-26-7-5-6-25(22-26)10-16-30-17-12-27-11-15-29(37)23-33(27)38-30/h1-2,5-9,11-15,17-19,22-23,47H,3-4,10,16,20-21,24H2,(H,41,42). The van der Waals surface area contributed by atoms with Crippen molar-refractivity contribution in [3.05, 3.63) is 135 Å². The number of benzene rings is 4. The van der Waals surface area contributed by atoms with Gasteiger partial charge in [-0.3, -0.25) is 13.6 Å². The van der Waals surface area contributed by atoms with Crippen LogP contribution in [-0.4, -0.2) is 46.0 Å². The van der Waals surface area contributed by atoms with Crippen molar-refractivity contribution in [3.63, 3.8) is 0 Å². The number of nitrogens with zero attached hydrogens (tertiary/aromatic N) is 3. The summed E-state index contributed by atoms with van der Waals surface area (Å²) < 4.78 is 55.2. The van der Waals surface area contributed by atoms with Gasteiger partial charge >= 0.3 is 5.97 Å². The normalized spacial score (nSPS) is 11.6. The third kappa shape index (κ3) is 9.13. The average Bonchev–Trinajstić information content (AvgIpc) is 3.05. The molecule has 5 rings (SSSR count). The molecule has 13 heteroatoms. The number of sulfonamides is 1. The number of halogens is 2. The predicted molar refractivity (Wildman–Crippen MR) is 195 cm³/mol. The first-order valence-electron chi connectivity index (χ1n) is 15.1. The van der Waals surface area contributed by atoms with Crippen molar-refractivity contribution in [2.75, 3.05) is 21.7 Å². The molecular weight excluding hydrogens is 738 g/mol. The smallest absolute Gasteiger partial charge is 0.337 e. The molecule has 0 unspecified atom stereocenters. The molecule has 0 atom stereocenters. The lowest BCUT2D eigenvalue weighted by Gasteiger charge is -2.26. The van der Waals surface area contributed by atoms with Gasteiger partial charge in [0.2, 0.25) is 20.9 Å². The Morgan fingerprint density at radius 2 is 1.54 bits per heavy atom. The molecule has 4 aromatic carbocycles. The molecule has 48 heavy (non-hydrogen) atoms. The maximum absolute atomic E-state index is 14.0. The van der Waals surface area contributed by atoms with E-state index in [4.69, 9.17) is 16.6 Å². The van der Waals surface area contributed by atoms with Crippen LogP contribution in [0.2, 0.25) is 5.02 Å². The minimum Gasteiger partial charge on any atom is -0.478 e. The first-order valence-corrected chi connectivity index (χ1v) is 19.0. The molecule has 0 radical (unpaired) electrons. The van der Waals surface area contributed by atoms with E-state index in [1.54, 1.807) is 42.5 Å². The summed E-state index contributed by atoms with van der Waals surface area (Å²) in [7, 11) is -6.99. The van der Waals surface area contributed by atoms with Gasteiger partial charge in [0.05, 0.1) is 28.2 Å². The Labute approximate surface area is 295 Å². The van der Waals surface area contributed by atoms with E-state index >= 15 is 0 Å². The van der Waals surface area contributed by atoms with Crippen molar-refractivity contribution in [1.82, 2.24) is 4.98 Å². The Kier molecular flexibility index (Phi) is 11.7. The van der Waals surface area contributed by atoms with Crippen LogP contribution in [0, 0.1) is 0 Å². The van der Waals surface area contributed by atoms with E-state index in [1.807, 2.05) is 48.5 Å². The van der Waals surface area contributed by atoms with Gasteiger partial charge in [-0.2, -0.15) is 0 Å². The first-order chi connectivity index (χ1) is 23.0. The zero-order chi connectivity index (χ0) is 34.3. The molecule has 0 fully saturated rings. The van der Waals surface area contributed by atoms with Crippen LogP contribution in [-0.2, 0) is 39.5 Å². The van der Waals surface area contributed by atoms with Crippen LogP contribution in [0.3, 0.4) is 0 Å². The number of hydrogen-bond acceptors (Lipinski definition) is 6. The van der Waals surface area contributed by atoms with Crippen LogP contribution >= 0.6 is 27.5 Å². The second-order valence-corrected chi connectivity index (χ2v) is 15.4. The van der Waals surface area contributed by atoms with E-state index in [0.29, 0.717) is 35.5 Å². The van der Waals surface area contributed by atoms with Crippen LogP contribution < -0.4 is 8.61 Å². The molecule has 250 valence electrons. The van der Waals surface area contributed by atoms with E-state index in [-0.39, 0.29) is 36.5 Å². The molecular formula is C35H33BrClN3O6S2. The number of thiol groups is 1. The second-order valence-electron chi connectivity index (χ2n) is 11.2. The molecule has 0 aliphatic rings. The van der Waals surface area contributed by atoms with Gasteiger partial charge in [0.25, 0.3) is 0 Å². The van der Waals surface area contributed by atoms with Gasteiger partial charge in [0, 0.05) is 33.7 Å². The maximum atomic E-state index is 14.0. The van der Waals surface area contributed by atoms with Gasteiger partial charge in [0.15, 0.2) is 0 Å². The number of unbranched alkanes of at least 4 members (excludes halogenated alkanes) is 1. The SMILES string of the molecule is O=C(O)c1ccccc1N(CCCCN(c1ccc(Br)cc1)[SH](=O)=O)S(=O)(=O)Cc1cccc(CCc2ccc3ccc(Cl)cc3n2)c1. The third-order valence-corrected chi connectivity index (χ3v) is 11.1. The molecule has 5 aromatic rings. The number of anilines is 2. The number of carboxylic acid groups (broad SMARTS) is 1. The second kappa shape index (κ2) is 16.0. The van der Waals surface area contributed by atoms with Gasteiger partial charge in [-0.1, -0.05) is 76.1 Å². The molecule has 0 saturated carbocycles. The first kappa shape index (κ1) is 35.3. The van der Waals surface area contributed by atoms with Crippen LogP contribution in [0.1, 0.15) is 40.0 Å². The Morgan fingerprint density at radius 3 is 2.29 bits per heavy atom. The van der Waals surface area contributed by atoms with Crippen molar-refractivity contribution in [2.45, 2.75) is 31.4 Å². The summed E-state index contributed by atoms with van der Waals surface area (Å²) in [5.74, 6) is -1.60. The topological polar surface area (TPSA) is 125 Å². The van der Waals surface area contributed by atoms with Crippen molar-refractivity contribution in [3.8, 4) is 0 Å². The molecule has 0 bridgehead atoms. The van der Waals surface area contributed by atoms with Crippen molar-refractivity contribution in [2.24, 2.45) is 0 Å². The molecule has 1 aromatic heterocycles. The summed E-state index contributed by atoms with van der Waals surface area (Å²) in [6, 6.07) is 29.7. The average molecular weight is 771 g/mol. The highest BCUT2D eigenvalue weighted by molar-refractivity contribution is 9.10. The van der Waals surface area contributed by atoms with E-state index in [1.165, 1.54) is 16.4 Å². The highest BCUT2D eigenvalue weighted by Gasteiger charge is 2.27. The monoisotopic (exact) mass is 769 g/mol. The molecule has 1 N–H and O–H groups in total. The highest BCUT2D eigenvalue weighted by atomic mass is 79.9. The summed E-state index contributed by atoms with van der Waals surface area (Å²) in [5, 5.41) is 11.5. The largest absolute Gasteiger partial charge is 0.478 e. The molecule has 0 aliphatic carbocycles.